The molecule has 0 saturated heterocycles. The normalized spacial score (nSPS) is 14.2. The average Bonchev–Trinajstić information content (AvgIpc) is 2.69. The van der Waals surface area contributed by atoms with Crippen LogP contribution in [0.3, 0.4) is 0 Å². The van der Waals surface area contributed by atoms with Crippen LogP contribution in [0, 0.1) is 6.92 Å². The number of esters is 1. The Hall–Kier alpha value is -2.73. The van der Waals surface area contributed by atoms with E-state index in [0.717, 1.165) is 31.2 Å². The molecule has 1 saturated carbocycles. The third-order valence-corrected chi connectivity index (χ3v) is 5.03. The number of ether oxygens (including phenoxy) is 1. The van der Waals surface area contributed by atoms with Gasteiger partial charge < -0.3 is 10.1 Å². The summed E-state index contributed by atoms with van der Waals surface area (Å²) in [6.45, 7) is 1.87. The summed E-state index contributed by atoms with van der Waals surface area (Å²) in [5.74, 6) is -0.558. The number of benzene rings is 2. The van der Waals surface area contributed by atoms with Gasteiger partial charge in [-0.05, 0) is 80.7 Å². The standard InChI is InChI=1S/C22H24N2O3S/c1-15-7-5-6-10-19(15)20(25)24-22(28)23-17-13-11-16(12-14-17)21(26)27-18-8-3-2-4-9-18/h5-7,10-14,18H,2-4,8-9H2,1H3,(H2,23,24,25,28). The molecule has 0 spiro atoms. The molecule has 0 heterocycles. The summed E-state index contributed by atoms with van der Waals surface area (Å²) >= 11 is 5.21. The van der Waals surface area contributed by atoms with Crippen LogP contribution in [0.25, 0.3) is 0 Å². The zero-order chi connectivity index (χ0) is 19.9. The zero-order valence-electron chi connectivity index (χ0n) is 15.9. The second-order valence-electron chi connectivity index (χ2n) is 6.97. The molecule has 5 nitrogen and oxygen atoms in total. The molecule has 2 aromatic rings. The number of anilines is 1. The summed E-state index contributed by atoms with van der Waals surface area (Å²) in [6, 6.07) is 14.2. The van der Waals surface area contributed by atoms with Gasteiger partial charge in [0.15, 0.2) is 5.11 Å². The Kier molecular flexibility index (Phi) is 6.76. The topological polar surface area (TPSA) is 67.4 Å². The molecule has 0 atom stereocenters. The molecular formula is C22H24N2O3S. The molecule has 1 aliphatic carbocycles. The van der Waals surface area contributed by atoms with Crippen LogP contribution in [0.5, 0.6) is 0 Å². The second-order valence-corrected chi connectivity index (χ2v) is 7.37. The number of carbonyl (C=O) groups excluding carboxylic acids is 2. The molecule has 1 fully saturated rings. The number of hydrogen-bond acceptors (Lipinski definition) is 4. The first-order chi connectivity index (χ1) is 13.5. The molecular weight excluding hydrogens is 372 g/mol. The van der Waals surface area contributed by atoms with Crippen molar-refractivity contribution in [3.8, 4) is 0 Å². The van der Waals surface area contributed by atoms with Gasteiger partial charge in [-0.15, -0.1) is 0 Å². The van der Waals surface area contributed by atoms with Gasteiger partial charge in [-0.2, -0.15) is 0 Å². The van der Waals surface area contributed by atoms with E-state index in [1.807, 2.05) is 25.1 Å². The molecule has 146 valence electrons. The lowest BCUT2D eigenvalue weighted by Gasteiger charge is -2.21. The monoisotopic (exact) mass is 396 g/mol. The van der Waals surface area contributed by atoms with Gasteiger partial charge in [-0.25, -0.2) is 4.79 Å². The predicted molar refractivity (Wildman–Crippen MR) is 114 cm³/mol. The maximum atomic E-state index is 12.3. The fraction of sp³-hybridized carbons (Fsp3) is 0.318. The van der Waals surface area contributed by atoms with Gasteiger partial charge in [0.25, 0.3) is 5.91 Å². The van der Waals surface area contributed by atoms with Crippen LogP contribution in [0.1, 0.15) is 58.4 Å². The highest BCUT2D eigenvalue weighted by Gasteiger charge is 2.18. The summed E-state index contributed by atoms with van der Waals surface area (Å²) in [6.07, 6.45) is 5.37. The van der Waals surface area contributed by atoms with E-state index in [4.69, 9.17) is 17.0 Å². The van der Waals surface area contributed by atoms with Gasteiger partial charge in [0.1, 0.15) is 6.10 Å². The van der Waals surface area contributed by atoms with Crippen LogP contribution >= 0.6 is 12.2 Å². The average molecular weight is 397 g/mol. The van der Waals surface area contributed by atoms with E-state index in [1.54, 1.807) is 30.3 Å². The van der Waals surface area contributed by atoms with Crippen molar-refractivity contribution in [2.24, 2.45) is 0 Å². The van der Waals surface area contributed by atoms with Crippen molar-refractivity contribution >= 4 is 34.9 Å². The number of thiocarbonyl (C=S) groups is 1. The molecule has 0 radical (unpaired) electrons. The van der Waals surface area contributed by atoms with Gasteiger partial charge in [0.2, 0.25) is 0 Å². The van der Waals surface area contributed by atoms with Gasteiger partial charge >= 0.3 is 5.97 Å². The smallest absolute Gasteiger partial charge is 0.338 e. The summed E-state index contributed by atoms with van der Waals surface area (Å²) in [4.78, 5) is 24.6. The van der Waals surface area contributed by atoms with E-state index >= 15 is 0 Å². The SMILES string of the molecule is Cc1ccccc1C(=O)NC(=S)Nc1ccc(C(=O)OC2CCCCC2)cc1. The molecule has 6 heteroatoms. The van der Waals surface area contributed by atoms with E-state index in [2.05, 4.69) is 10.6 Å². The van der Waals surface area contributed by atoms with Crippen LogP contribution in [0.2, 0.25) is 0 Å². The second kappa shape index (κ2) is 9.46. The zero-order valence-corrected chi connectivity index (χ0v) is 16.7. The first-order valence-electron chi connectivity index (χ1n) is 9.52. The maximum Gasteiger partial charge on any atom is 0.338 e. The molecule has 0 aromatic heterocycles. The Bertz CT molecular complexity index is 858. The van der Waals surface area contributed by atoms with E-state index in [0.29, 0.717) is 16.8 Å². The highest BCUT2D eigenvalue weighted by atomic mass is 32.1. The first kappa shape index (κ1) is 20.0. The molecule has 2 N–H and O–H groups in total. The van der Waals surface area contributed by atoms with Crippen LogP contribution in [-0.2, 0) is 4.74 Å². The molecule has 28 heavy (non-hydrogen) atoms. The molecule has 0 bridgehead atoms. The largest absolute Gasteiger partial charge is 0.459 e. The van der Waals surface area contributed by atoms with Crippen molar-refractivity contribution in [1.82, 2.24) is 5.32 Å². The van der Waals surface area contributed by atoms with E-state index < -0.39 is 0 Å². The summed E-state index contributed by atoms with van der Waals surface area (Å²) in [7, 11) is 0. The fourth-order valence-corrected chi connectivity index (χ4v) is 3.46. The van der Waals surface area contributed by atoms with Crippen molar-refractivity contribution in [1.29, 1.82) is 0 Å². The summed E-state index contributed by atoms with van der Waals surface area (Å²) in [5.41, 5.74) is 2.64. The molecule has 1 aliphatic rings. The maximum absolute atomic E-state index is 12.3. The molecule has 0 aliphatic heterocycles. The van der Waals surface area contributed by atoms with Gasteiger partial charge in [-0.1, -0.05) is 24.6 Å². The lowest BCUT2D eigenvalue weighted by Crippen LogP contribution is -2.34. The van der Waals surface area contributed by atoms with Gasteiger partial charge in [-0.3, -0.25) is 10.1 Å². The third-order valence-electron chi connectivity index (χ3n) is 4.82. The van der Waals surface area contributed by atoms with Crippen LogP contribution in [-0.4, -0.2) is 23.1 Å². The van der Waals surface area contributed by atoms with Crippen LogP contribution in [0.15, 0.2) is 48.5 Å². The molecule has 2 aromatic carbocycles. The minimum atomic E-state index is -0.297. The molecule has 3 rings (SSSR count). The number of carbonyl (C=O) groups is 2. The Morgan fingerprint density at radius 3 is 2.36 bits per heavy atom. The number of hydrogen-bond donors (Lipinski definition) is 2. The van der Waals surface area contributed by atoms with Crippen molar-refractivity contribution in [2.75, 3.05) is 5.32 Å². The van der Waals surface area contributed by atoms with Crippen LogP contribution in [0.4, 0.5) is 5.69 Å². The highest BCUT2D eigenvalue weighted by molar-refractivity contribution is 7.80. The lowest BCUT2D eigenvalue weighted by molar-refractivity contribution is 0.0211. The predicted octanol–water partition coefficient (Wildman–Crippen LogP) is 4.61. The van der Waals surface area contributed by atoms with Crippen molar-refractivity contribution in [2.45, 2.75) is 45.1 Å². The van der Waals surface area contributed by atoms with E-state index in [1.165, 1.54) is 6.42 Å². The number of amides is 1. The van der Waals surface area contributed by atoms with Crippen molar-refractivity contribution in [3.05, 3.63) is 65.2 Å². The fourth-order valence-electron chi connectivity index (χ4n) is 3.25. The van der Waals surface area contributed by atoms with Crippen molar-refractivity contribution in [3.63, 3.8) is 0 Å². The molecule has 1 amide bonds. The Morgan fingerprint density at radius 2 is 1.68 bits per heavy atom. The van der Waals surface area contributed by atoms with Crippen molar-refractivity contribution < 1.29 is 14.3 Å². The third kappa shape index (κ3) is 5.39. The Labute approximate surface area is 170 Å². The lowest BCUT2D eigenvalue weighted by atomic mass is 9.98. The summed E-state index contributed by atoms with van der Waals surface area (Å²) in [5, 5.41) is 5.82. The number of aryl methyl sites for hydroxylation is 1. The quantitative estimate of drug-likeness (QED) is 0.583. The van der Waals surface area contributed by atoms with E-state index in [-0.39, 0.29) is 23.1 Å². The van der Waals surface area contributed by atoms with E-state index in [9.17, 15) is 9.59 Å². The summed E-state index contributed by atoms with van der Waals surface area (Å²) < 4.78 is 5.57. The van der Waals surface area contributed by atoms with Gasteiger partial charge in [0, 0.05) is 11.3 Å². The number of nitrogens with one attached hydrogen (secondary N) is 2. The minimum Gasteiger partial charge on any atom is -0.459 e. The minimum absolute atomic E-state index is 0.0308. The number of rotatable bonds is 4. The van der Waals surface area contributed by atoms with Crippen LogP contribution < -0.4 is 10.6 Å². The first-order valence-corrected chi connectivity index (χ1v) is 9.93. The van der Waals surface area contributed by atoms with Gasteiger partial charge in [0.05, 0.1) is 5.56 Å². The Balaban J connectivity index is 1.53. The highest BCUT2D eigenvalue weighted by Crippen LogP contribution is 2.21. The Morgan fingerprint density at radius 1 is 1.00 bits per heavy atom. The molecule has 0 unspecified atom stereocenters.